The fraction of sp³-hybridized carbons (Fsp3) is 0.318. The average molecular weight is 478 g/mol. The number of benzene rings is 2. The van der Waals surface area contributed by atoms with Crippen molar-refractivity contribution in [3.8, 4) is 5.75 Å². The van der Waals surface area contributed by atoms with E-state index in [1.807, 2.05) is 24.4 Å². The molecule has 0 saturated heterocycles. The predicted molar refractivity (Wildman–Crippen MR) is 126 cm³/mol. The molecule has 0 aliphatic carbocycles. The van der Waals surface area contributed by atoms with E-state index in [-0.39, 0.29) is 11.6 Å². The molecule has 1 unspecified atom stereocenters. The van der Waals surface area contributed by atoms with E-state index in [0.29, 0.717) is 13.0 Å². The molecule has 0 bridgehead atoms. The van der Waals surface area contributed by atoms with Gasteiger partial charge in [-0.05, 0) is 43.2 Å². The van der Waals surface area contributed by atoms with Gasteiger partial charge < -0.3 is 20.8 Å². The van der Waals surface area contributed by atoms with Crippen LogP contribution in [0, 0.1) is 0 Å². The van der Waals surface area contributed by atoms with E-state index in [1.165, 1.54) is 18.2 Å². The first-order chi connectivity index (χ1) is 15.3. The van der Waals surface area contributed by atoms with Gasteiger partial charge in [-0.3, -0.25) is 9.35 Å². The number of nitrogens with one attached hydrogen (secondary N) is 2. The SMILES string of the molecule is COc1ccc2[nH]cc(SCC(N)CCCCNC(=O)c3ccccc3S(=O)(=O)O)c2c1. The van der Waals surface area contributed by atoms with Crippen LogP contribution < -0.4 is 15.8 Å². The van der Waals surface area contributed by atoms with E-state index < -0.39 is 20.9 Å². The Morgan fingerprint density at radius 2 is 2.03 bits per heavy atom. The van der Waals surface area contributed by atoms with Crippen molar-refractivity contribution in [2.24, 2.45) is 5.73 Å². The molecule has 10 heteroatoms. The van der Waals surface area contributed by atoms with Crippen molar-refractivity contribution in [3.63, 3.8) is 0 Å². The standard InChI is InChI=1S/C22H27N3O5S2/c1-30-16-9-10-19-18(12-16)20(13-25-19)31-14-15(23)6-4-5-11-24-22(26)17-7-2-3-8-21(17)32(27,28)29/h2-3,7-10,12-13,15,25H,4-6,11,14,23H2,1H3,(H,24,26)(H,27,28,29). The maximum absolute atomic E-state index is 12.3. The van der Waals surface area contributed by atoms with E-state index in [0.717, 1.165) is 40.1 Å². The average Bonchev–Trinajstić information content (AvgIpc) is 3.18. The number of methoxy groups -OCH3 is 1. The van der Waals surface area contributed by atoms with Crippen LogP contribution in [0.3, 0.4) is 0 Å². The fourth-order valence-electron chi connectivity index (χ4n) is 3.31. The van der Waals surface area contributed by atoms with Crippen LogP contribution in [0.2, 0.25) is 0 Å². The van der Waals surface area contributed by atoms with Gasteiger partial charge in [0.15, 0.2) is 0 Å². The molecule has 0 aliphatic heterocycles. The first kappa shape index (κ1) is 24.1. The zero-order valence-electron chi connectivity index (χ0n) is 17.7. The summed E-state index contributed by atoms with van der Waals surface area (Å²) in [5.41, 5.74) is 7.23. The highest BCUT2D eigenvalue weighted by Crippen LogP contribution is 2.31. The molecule has 172 valence electrons. The number of H-pyrrole nitrogens is 1. The summed E-state index contributed by atoms with van der Waals surface area (Å²) in [7, 11) is -2.81. The van der Waals surface area contributed by atoms with Gasteiger partial charge in [-0.15, -0.1) is 11.8 Å². The molecular formula is C22H27N3O5S2. The summed E-state index contributed by atoms with van der Waals surface area (Å²) in [4.78, 5) is 16.2. The number of amides is 1. The summed E-state index contributed by atoms with van der Waals surface area (Å²) in [5.74, 6) is 1.04. The Morgan fingerprint density at radius 3 is 2.78 bits per heavy atom. The third kappa shape index (κ3) is 6.26. The van der Waals surface area contributed by atoms with E-state index >= 15 is 0 Å². The number of carbonyl (C=O) groups excluding carboxylic acids is 1. The van der Waals surface area contributed by atoms with E-state index in [2.05, 4.69) is 10.3 Å². The lowest BCUT2D eigenvalue weighted by atomic mass is 10.1. The Bertz CT molecular complexity index is 1180. The van der Waals surface area contributed by atoms with Crippen LogP contribution >= 0.6 is 11.8 Å². The third-order valence-electron chi connectivity index (χ3n) is 5.00. The minimum absolute atomic E-state index is 0.00603. The third-order valence-corrected chi connectivity index (χ3v) is 7.16. The highest BCUT2D eigenvalue weighted by atomic mass is 32.2. The Morgan fingerprint density at radius 1 is 1.25 bits per heavy atom. The highest BCUT2D eigenvalue weighted by molar-refractivity contribution is 7.99. The Hall–Kier alpha value is -2.53. The van der Waals surface area contributed by atoms with Crippen molar-refractivity contribution in [3.05, 3.63) is 54.2 Å². The van der Waals surface area contributed by atoms with Gasteiger partial charge in [0.1, 0.15) is 10.6 Å². The number of fused-ring (bicyclic) bond motifs is 1. The Labute approximate surface area is 191 Å². The van der Waals surface area contributed by atoms with Gasteiger partial charge in [0, 0.05) is 40.3 Å². The molecule has 3 rings (SSSR count). The molecule has 0 aliphatic rings. The first-order valence-corrected chi connectivity index (χ1v) is 12.6. The predicted octanol–water partition coefficient (Wildman–Crippen LogP) is 3.44. The molecule has 1 amide bonds. The minimum atomic E-state index is -4.46. The van der Waals surface area contributed by atoms with E-state index in [4.69, 9.17) is 10.5 Å². The Kier molecular flexibility index (Phi) is 8.19. The molecule has 1 aromatic heterocycles. The van der Waals surface area contributed by atoms with Crippen molar-refractivity contribution in [1.29, 1.82) is 0 Å². The van der Waals surface area contributed by atoms with Crippen LogP contribution in [-0.2, 0) is 10.1 Å². The van der Waals surface area contributed by atoms with Crippen molar-refractivity contribution in [2.45, 2.75) is 35.1 Å². The monoisotopic (exact) mass is 477 g/mol. The summed E-state index contributed by atoms with van der Waals surface area (Å²) in [6, 6.07) is 11.5. The second-order valence-electron chi connectivity index (χ2n) is 7.36. The van der Waals surface area contributed by atoms with Gasteiger partial charge >= 0.3 is 0 Å². The fourth-order valence-corrected chi connectivity index (χ4v) is 5.02. The van der Waals surface area contributed by atoms with Gasteiger partial charge in [0.05, 0.1) is 12.7 Å². The molecule has 8 nitrogen and oxygen atoms in total. The number of ether oxygens (including phenoxy) is 1. The number of aromatic nitrogens is 1. The van der Waals surface area contributed by atoms with Crippen LogP contribution in [0.5, 0.6) is 5.75 Å². The van der Waals surface area contributed by atoms with Gasteiger partial charge in [-0.2, -0.15) is 8.42 Å². The van der Waals surface area contributed by atoms with Crippen molar-refractivity contribution in [2.75, 3.05) is 19.4 Å². The maximum Gasteiger partial charge on any atom is 0.295 e. The molecule has 0 fully saturated rings. The summed E-state index contributed by atoms with van der Waals surface area (Å²) >= 11 is 1.69. The van der Waals surface area contributed by atoms with E-state index in [9.17, 15) is 17.8 Å². The van der Waals surface area contributed by atoms with Gasteiger partial charge in [0.2, 0.25) is 0 Å². The van der Waals surface area contributed by atoms with E-state index in [1.54, 1.807) is 24.9 Å². The van der Waals surface area contributed by atoms with Gasteiger partial charge in [-0.25, -0.2) is 0 Å². The molecule has 1 heterocycles. The molecular weight excluding hydrogens is 450 g/mol. The number of thioether (sulfide) groups is 1. The zero-order valence-corrected chi connectivity index (χ0v) is 19.3. The second-order valence-corrected chi connectivity index (χ2v) is 9.81. The van der Waals surface area contributed by atoms with Crippen molar-refractivity contribution in [1.82, 2.24) is 10.3 Å². The largest absolute Gasteiger partial charge is 0.497 e. The van der Waals surface area contributed by atoms with Crippen LogP contribution in [0.1, 0.15) is 29.6 Å². The number of unbranched alkanes of at least 4 members (excludes halogenated alkanes) is 1. The zero-order chi connectivity index (χ0) is 23.1. The molecule has 1 atom stereocenters. The molecule has 3 aromatic rings. The number of aromatic amines is 1. The molecule has 2 aromatic carbocycles. The smallest absolute Gasteiger partial charge is 0.295 e. The quantitative estimate of drug-likeness (QED) is 0.189. The highest BCUT2D eigenvalue weighted by Gasteiger charge is 2.19. The molecule has 0 spiro atoms. The summed E-state index contributed by atoms with van der Waals surface area (Å²) < 4.78 is 37.4. The normalized spacial score (nSPS) is 12.6. The second kappa shape index (κ2) is 10.9. The lowest BCUT2D eigenvalue weighted by Gasteiger charge is -2.12. The van der Waals surface area contributed by atoms with Crippen molar-refractivity contribution < 1.29 is 22.5 Å². The number of hydrogen-bond acceptors (Lipinski definition) is 6. The lowest BCUT2D eigenvalue weighted by molar-refractivity contribution is 0.0949. The summed E-state index contributed by atoms with van der Waals surface area (Å²) in [6.07, 6.45) is 4.31. The maximum atomic E-state index is 12.3. The molecule has 0 radical (unpaired) electrons. The van der Waals surface area contributed by atoms with Crippen LogP contribution in [-0.4, -0.2) is 49.3 Å². The van der Waals surface area contributed by atoms with Crippen LogP contribution in [0.25, 0.3) is 10.9 Å². The topological polar surface area (TPSA) is 135 Å². The minimum Gasteiger partial charge on any atom is -0.497 e. The molecule has 0 saturated carbocycles. The summed E-state index contributed by atoms with van der Waals surface area (Å²) in [6.45, 7) is 0.390. The first-order valence-electron chi connectivity index (χ1n) is 10.2. The lowest BCUT2D eigenvalue weighted by Crippen LogP contribution is -2.27. The number of hydrogen-bond donors (Lipinski definition) is 4. The van der Waals surface area contributed by atoms with Crippen molar-refractivity contribution >= 4 is 38.7 Å². The van der Waals surface area contributed by atoms with Gasteiger partial charge in [-0.1, -0.05) is 18.6 Å². The molecule has 32 heavy (non-hydrogen) atoms. The molecule has 5 N–H and O–H groups in total. The summed E-state index contributed by atoms with van der Waals surface area (Å²) in [5, 5.41) is 3.80. The van der Waals surface area contributed by atoms with Crippen LogP contribution in [0.15, 0.2) is 58.5 Å². The van der Waals surface area contributed by atoms with Crippen LogP contribution in [0.4, 0.5) is 0 Å². The van der Waals surface area contributed by atoms with Gasteiger partial charge in [0.25, 0.3) is 16.0 Å². The number of rotatable bonds is 11. The number of carbonyl (C=O) groups is 1. The Balaban J connectivity index is 1.41. The number of nitrogens with two attached hydrogens (primary N) is 1.